The molecule has 0 spiro atoms. The van der Waals surface area contributed by atoms with Crippen molar-refractivity contribution in [2.24, 2.45) is 0 Å². The fourth-order valence-electron chi connectivity index (χ4n) is 2.77. The van der Waals surface area contributed by atoms with Crippen LogP contribution in [0.5, 0.6) is 5.75 Å². The Hall–Kier alpha value is -2.82. The average Bonchev–Trinajstić information content (AvgIpc) is 2.63. The highest BCUT2D eigenvalue weighted by molar-refractivity contribution is 5.88. The number of carbonyl (C=O) groups excluding carboxylic acids is 2. The Morgan fingerprint density at radius 3 is 2.36 bits per heavy atom. The number of benzene rings is 2. The standard InChI is InChI=1S/C23H30N2O3/c1-17-10-9-13-20(14-17)28-16-21(26)25(15-19-11-7-6-8-12-19)18(2)22(27)24-23(3,4)5/h6-14,18H,15-16H2,1-5H3,(H,24,27)/t18-/m0/s1. The average molecular weight is 383 g/mol. The molecule has 150 valence electrons. The molecule has 0 aliphatic heterocycles. The first-order chi connectivity index (χ1) is 13.2. The summed E-state index contributed by atoms with van der Waals surface area (Å²) >= 11 is 0. The van der Waals surface area contributed by atoms with E-state index in [1.165, 1.54) is 0 Å². The van der Waals surface area contributed by atoms with Crippen LogP contribution in [-0.4, -0.2) is 34.9 Å². The topological polar surface area (TPSA) is 58.6 Å². The van der Waals surface area contributed by atoms with Crippen LogP contribution in [0.25, 0.3) is 0 Å². The highest BCUT2D eigenvalue weighted by Crippen LogP contribution is 2.15. The third kappa shape index (κ3) is 6.72. The summed E-state index contributed by atoms with van der Waals surface area (Å²) < 4.78 is 5.68. The maximum absolute atomic E-state index is 12.9. The zero-order chi connectivity index (χ0) is 20.7. The Morgan fingerprint density at radius 2 is 1.75 bits per heavy atom. The molecular weight excluding hydrogens is 352 g/mol. The van der Waals surface area contributed by atoms with Gasteiger partial charge >= 0.3 is 0 Å². The summed E-state index contributed by atoms with van der Waals surface area (Å²) in [6.45, 7) is 9.69. The Balaban J connectivity index is 2.14. The minimum absolute atomic E-state index is 0.122. The smallest absolute Gasteiger partial charge is 0.261 e. The van der Waals surface area contributed by atoms with E-state index in [9.17, 15) is 9.59 Å². The van der Waals surface area contributed by atoms with Crippen LogP contribution < -0.4 is 10.1 Å². The molecule has 0 radical (unpaired) electrons. The maximum Gasteiger partial charge on any atom is 0.261 e. The predicted molar refractivity (Wildman–Crippen MR) is 111 cm³/mol. The minimum atomic E-state index is -0.618. The Morgan fingerprint density at radius 1 is 1.07 bits per heavy atom. The van der Waals surface area contributed by atoms with Crippen LogP contribution in [0.2, 0.25) is 0 Å². The lowest BCUT2D eigenvalue weighted by atomic mass is 10.1. The van der Waals surface area contributed by atoms with E-state index in [0.717, 1.165) is 11.1 Å². The molecule has 28 heavy (non-hydrogen) atoms. The molecule has 0 heterocycles. The highest BCUT2D eigenvalue weighted by atomic mass is 16.5. The largest absolute Gasteiger partial charge is 0.484 e. The molecule has 5 heteroatoms. The molecule has 2 aromatic rings. The monoisotopic (exact) mass is 382 g/mol. The first-order valence-electron chi connectivity index (χ1n) is 9.50. The number of amides is 2. The molecule has 0 saturated carbocycles. The van der Waals surface area contributed by atoms with Crippen molar-refractivity contribution in [3.63, 3.8) is 0 Å². The Labute approximate surface area is 167 Å². The van der Waals surface area contributed by atoms with E-state index in [0.29, 0.717) is 12.3 Å². The van der Waals surface area contributed by atoms with Crippen molar-refractivity contribution in [3.8, 4) is 5.75 Å². The molecule has 0 aliphatic rings. The predicted octanol–water partition coefficient (Wildman–Crippen LogP) is 3.71. The van der Waals surface area contributed by atoms with Crippen molar-refractivity contribution in [1.29, 1.82) is 0 Å². The van der Waals surface area contributed by atoms with Gasteiger partial charge in [0.2, 0.25) is 5.91 Å². The molecule has 0 unspecified atom stereocenters. The van der Waals surface area contributed by atoms with E-state index < -0.39 is 6.04 Å². The fraction of sp³-hybridized carbons (Fsp3) is 0.391. The summed E-state index contributed by atoms with van der Waals surface area (Å²) in [5, 5.41) is 2.95. The van der Waals surface area contributed by atoms with Crippen molar-refractivity contribution >= 4 is 11.8 Å². The van der Waals surface area contributed by atoms with E-state index in [4.69, 9.17) is 4.74 Å². The molecule has 2 amide bonds. The van der Waals surface area contributed by atoms with Gasteiger partial charge in [-0.1, -0.05) is 42.5 Å². The fourth-order valence-corrected chi connectivity index (χ4v) is 2.77. The number of nitrogens with zero attached hydrogens (tertiary/aromatic N) is 1. The van der Waals surface area contributed by atoms with Gasteiger partial charge in [0.15, 0.2) is 6.61 Å². The van der Waals surface area contributed by atoms with E-state index >= 15 is 0 Å². The van der Waals surface area contributed by atoms with Crippen LogP contribution in [0.15, 0.2) is 54.6 Å². The molecule has 0 aromatic heterocycles. The summed E-state index contributed by atoms with van der Waals surface area (Å²) in [5.74, 6) is 0.217. The molecule has 1 atom stereocenters. The first-order valence-corrected chi connectivity index (χ1v) is 9.50. The maximum atomic E-state index is 12.9. The van der Waals surface area contributed by atoms with Crippen LogP contribution >= 0.6 is 0 Å². The molecule has 2 aromatic carbocycles. The first kappa shape index (κ1) is 21.5. The summed E-state index contributed by atoms with van der Waals surface area (Å²) in [4.78, 5) is 27.2. The van der Waals surface area contributed by atoms with Crippen LogP contribution in [0.3, 0.4) is 0 Å². The van der Waals surface area contributed by atoms with Gasteiger partial charge in [0, 0.05) is 12.1 Å². The zero-order valence-electron chi connectivity index (χ0n) is 17.4. The molecule has 0 fully saturated rings. The van der Waals surface area contributed by atoms with Gasteiger partial charge < -0.3 is 15.0 Å². The van der Waals surface area contributed by atoms with Crippen molar-refractivity contribution < 1.29 is 14.3 Å². The Bertz CT molecular complexity index is 797. The Kier molecular flexibility index (Phi) is 7.21. The van der Waals surface area contributed by atoms with Gasteiger partial charge in [0.1, 0.15) is 11.8 Å². The number of rotatable bonds is 7. The number of nitrogens with one attached hydrogen (secondary N) is 1. The van der Waals surface area contributed by atoms with Crippen LogP contribution in [0.4, 0.5) is 0 Å². The molecule has 0 aliphatic carbocycles. The second-order valence-electron chi connectivity index (χ2n) is 8.03. The lowest BCUT2D eigenvalue weighted by molar-refractivity contribution is -0.142. The summed E-state index contributed by atoms with van der Waals surface area (Å²) in [6, 6.07) is 16.6. The number of aryl methyl sites for hydroxylation is 1. The normalized spacial score (nSPS) is 12.2. The van der Waals surface area contributed by atoms with Crippen molar-refractivity contribution in [2.75, 3.05) is 6.61 Å². The number of carbonyl (C=O) groups is 2. The van der Waals surface area contributed by atoms with E-state index in [1.807, 2.05) is 82.3 Å². The minimum Gasteiger partial charge on any atom is -0.484 e. The second-order valence-corrected chi connectivity index (χ2v) is 8.03. The van der Waals surface area contributed by atoms with Gasteiger partial charge in [-0.25, -0.2) is 0 Å². The third-order valence-electron chi connectivity index (χ3n) is 4.21. The number of hydrogen-bond donors (Lipinski definition) is 1. The lowest BCUT2D eigenvalue weighted by Gasteiger charge is -2.31. The van der Waals surface area contributed by atoms with E-state index in [-0.39, 0.29) is 24.0 Å². The second kappa shape index (κ2) is 9.40. The van der Waals surface area contributed by atoms with Gasteiger partial charge in [-0.2, -0.15) is 0 Å². The van der Waals surface area contributed by atoms with Crippen molar-refractivity contribution in [2.45, 2.75) is 52.7 Å². The van der Waals surface area contributed by atoms with Crippen molar-refractivity contribution in [3.05, 3.63) is 65.7 Å². The summed E-state index contributed by atoms with van der Waals surface area (Å²) in [5.41, 5.74) is 1.65. The highest BCUT2D eigenvalue weighted by Gasteiger charge is 2.28. The molecule has 5 nitrogen and oxygen atoms in total. The molecular formula is C23H30N2O3. The van der Waals surface area contributed by atoms with Crippen molar-refractivity contribution in [1.82, 2.24) is 10.2 Å². The zero-order valence-corrected chi connectivity index (χ0v) is 17.4. The van der Waals surface area contributed by atoms with Gasteiger partial charge in [0.05, 0.1) is 0 Å². The lowest BCUT2D eigenvalue weighted by Crippen LogP contribution is -2.53. The number of hydrogen-bond acceptors (Lipinski definition) is 3. The van der Waals surface area contributed by atoms with Crippen LogP contribution in [-0.2, 0) is 16.1 Å². The third-order valence-corrected chi connectivity index (χ3v) is 4.21. The van der Waals surface area contributed by atoms with Gasteiger partial charge in [-0.3, -0.25) is 9.59 Å². The summed E-state index contributed by atoms with van der Waals surface area (Å²) in [7, 11) is 0. The number of ether oxygens (including phenoxy) is 1. The molecule has 1 N–H and O–H groups in total. The molecule has 2 rings (SSSR count). The van der Waals surface area contributed by atoms with Crippen LogP contribution in [0, 0.1) is 6.92 Å². The van der Waals surface area contributed by atoms with Crippen LogP contribution in [0.1, 0.15) is 38.8 Å². The quantitative estimate of drug-likeness (QED) is 0.794. The van der Waals surface area contributed by atoms with E-state index in [1.54, 1.807) is 11.8 Å². The van der Waals surface area contributed by atoms with E-state index in [2.05, 4.69) is 5.32 Å². The molecule has 0 saturated heterocycles. The van der Waals surface area contributed by atoms with Gasteiger partial charge in [-0.05, 0) is 57.9 Å². The van der Waals surface area contributed by atoms with Gasteiger partial charge in [-0.15, -0.1) is 0 Å². The molecule has 0 bridgehead atoms. The summed E-state index contributed by atoms with van der Waals surface area (Å²) in [6.07, 6.45) is 0. The van der Waals surface area contributed by atoms with Gasteiger partial charge in [0.25, 0.3) is 5.91 Å². The SMILES string of the molecule is Cc1cccc(OCC(=O)N(Cc2ccccc2)[C@@H](C)C(=O)NC(C)(C)C)c1.